The predicted molar refractivity (Wildman–Crippen MR) is 121 cm³/mol. The number of nitro groups is 1. The fraction of sp³-hybridized carbons (Fsp3) is 0.545. The van der Waals surface area contributed by atoms with Crippen molar-refractivity contribution in [1.29, 1.82) is 0 Å². The van der Waals surface area contributed by atoms with Crippen molar-refractivity contribution in [3.8, 4) is 0 Å². The first-order valence-electron chi connectivity index (χ1n) is 11.2. The van der Waals surface area contributed by atoms with Gasteiger partial charge in [-0.1, -0.05) is 36.8 Å². The minimum atomic E-state index is -0.352. The van der Waals surface area contributed by atoms with Crippen LogP contribution in [0.2, 0.25) is 0 Å². The van der Waals surface area contributed by atoms with Gasteiger partial charge in [0, 0.05) is 45.8 Å². The number of piperazine rings is 1. The highest BCUT2D eigenvalue weighted by Crippen LogP contribution is 2.32. The SMILES string of the molecule is O=[N+]([O-])c1c(NCCN2CCCCC2)ncnc1N1CCN(Cc2ccccc2)CC1. The molecule has 1 aromatic heterocycles. The van der Waals surface area contributed by atoms with Gasteiger partial charge in [0.2, 0.25) is 11.6 Å². The van der Waals surface area contributed by atoms with Gasteiger partial charge in [-0.3, -0.25) is 15.0 Å². The van der Waals surface area contributed by atoms with Crippen LogP contribution in [0.3, 0.4) is 0 Å². The molecule has 0 spiro atoms. The summed E-state index contributed by atoms with van der Waals surface area (Å²) in [5.41, 5.74) is 1.27. The molecular weight excluding hydrogens is 394 g/mol. The highest BCUT2D eigenvalue weighted by atomic mass is 16.6. The van der Waals surface area contributed by atoms with Gasteiger partial charge in [0.05, 0.1) is 4.92 Å². The zero-order valence-electron chi connectivity index (χ0n) is 17.9. The van der Waals surface area contributed by atoms with Crippen molar-refractivity contribution in [2.75, 3.05) is 62.6 Å². The van der Waals surface area contributed by atoms with E-state index in [0.29, 0.717) is 31.3 Å². The molecule has 31 heavy (non-hydrogen) atoms. The maximum atomic E-state index is 11.9. The first kappa shape index (κ1) is 21.5. The van der Waals surface area contributed by atoms with Crippen molar-refractivity contribution in [3.63, 3.8) is 0 Å². The average molecular weight is 426 g/mol. The molecule has 0 unspecified atom stereocenters. The van der Waals surface area contributed by atoms with E-state index in [-0.39, 0.29) is 10.6 Å². The third kappa shape index (κ3) is 5.68. The second-order valence-electron chi connectivity index (χ2n) is 8.23. The van der Waals surface area contributed by atoms with E-state index in [9.17, 15) is 10.1 Å². The minimum absolute atomic E-state index is 0.0161. The lowest BCUT2D eigenvalue weighted by molar-refractivity contribution is -0.383. The zero-order chi connectivity index (χ0) is 21.5. The van der Waals surface area contributed by atoms with Crippen molar-refractivity contribution in [1.82, 2.24) is 19.8 Å². The van der Waals surface area contributed by atoms with Crippen molar-refractivity contribution in [3.05, 3.63) is 52.3 Å². The smallest absolute Gasteiger partial charge is 0.353 e. The van der Waals surface area contributed by atoms with E-state index in [0.717, 1.165) is 39.3 Å². The molecule has 2 aliphatic heterocycles. The Labute approximate surface area is 183 Å². The van der Waals surface area contributed by atoms with Crippen molar-refractivity contribution in [2.24, 2.45) is 0 Å². The van der Waals surface area contributed by atoms with Gasteiger partial charge in [-0.25, -0.2) is 9.97 Å². The number of likely N-dealkylation sites (tertiary alicyclic amines) is 1. The Hall–Kier alpha value is -2.78. The number of hydrogen-bond acceptors (Lipinski definition) is 8. The van der Waals surface area contributed by atoms with Crippen LogP contribution in [0.15, 0.2) is 36.7 Å². The van der Waals surface area contributed by atoms with Crippen molar-refractivity contribution >= 4 is 17.3 Å². The Balaban J connectivity index is 1.37. The van der Waals surface area contributed by atoms with Crippen LogP contribution < -0.4 is 10.2 Å². The molecule has 0 radical (unpaired) electrons. The molecule has 0 aliphatic carbocycles. The van der Waals surface area contributed by atoms with Gasteiger partial charge >= 0.3 is 5.69 Å². The summed E-state index contributed by atoms with van der Waals surface area (Å²) in [5, 5.41) is 15.1. The summed E-state index contributed by atoms with van der Waals surface area (Å²) >= 11 is 0. The standard InChI is InChI=1S/C22H31N7O2/c30-29(31)20-21(23-9-12-26-10-5-2-6-11-26)24-18-25-22(20)28-15-13-27(14-16-28)17-19-7-3-1-4-8-19/h1,3-4,7-8,18H,2,5-6,9-17H2,(H,23,24,25). The molecule has 0 amide bonds. The number of benzene rings is 1. The number of nitrogens with one attached hydrogen (secondary N) is 1. The Bertz CT molecular complexity index is 850. The number of hydrogen-bond donors (Lipinski definition) is 1. The predicted octanol–water partition coefficient (Wildman–Crippen LogP) is 2.60. The van der Waals surface area contributed by atoms with Gasteiger partial charge in [0.15, 0.2) is 0 Å². The van der Waals surface area contributed by atoms with E-state index in [1.165, 1.54) is 31.2 Å². The van der Waals surface area contributed by atoms with Gasteiger partial charge < -0.3 is 15.1 Å². The van der Waals surface area contributed by atoms with E-state index < -0.39 is 0 Å². The lowest BCUT2D eigenvalue weighted by Crippen LogP contribution is -2.46. The molecule has 2 aliphatic rings. The molecule has 2 aromatic rings. The molecule has 0 atom stereocenters. The average Bonchev–Trinajstić information content (AvgIpc) is 2.81. The van der Waals surface area contributed by atoms with Crippen molar-refractivity contribution < 1.29 is 4.92 Å². The quantitative estimate of drug-likeness (QED) is 0.510. The molecular formula is C22H31N7O2. The van der Waals surface area contributed by atoms with Crippen LogP contribution in [0.1, 0.15) is 24.8 Å². The van der Waals surface area contributed by atoms with Gasteiger partial charge in [-0.15, -0.1) is 0 Å². The molecule has 1 N–H and O–H groups in total. The molecule has 4 rings (SSSR count). The maximum Gasteiger partial charge on any atom is 0.353 e. The van der Waals surface area contributed by atoms with Gasteiger partial charge in [0.25, 0.3) is 0 Å². The van der Waals surface area contributed by atoms with E-state index >= 15 is 0 Å². The highest BCUT2D eigenvalue weighted by molar-refractivity contribution is 5.70. The van der Waals surface area contributed by atoms with Gasteiger partial charge in [-0.2, -0.15) is 0 Å². The van der Waals surface area contributed by atoms with Crippen LogP contribution in [0, 0.1) is 10.1 Å². The summed E-state index contributed by atoms with van der Waals surface area (Å²) in [6, 6.07) is 10.4. The number of piperidine rings is 1. The Morgan fingerprint density at radius 1 is 0.935 bits per heavy atom. The van der Waals surface area contributed by atoms with Crippen LogP contribution in [-0.4, -0.2) is 77.0 Å². The summed E-state index contributed by atoms with van der Waals surface area (Å²) in [6.45, 7) is 7.70. The number of aromatic nitrogens is 2. The van der Waals surface area contributed by atoms with E-state index in [1.54, 1.807) is 0 Å². The lowest BCUT2D eigenvalue weighted by atomic mass is 10.1. The first-order valence-corrected chi connectivity index (χ1v) is 11.2. The molecule has 166 valence electrons. The Morgan fingerprint density at radius 2 is 1.68 bits per heavy atom. The lowest BCUT2D eigenvalue weighted by Gasteiger charge is -2.35. The molecule has 2 fully saturated rings. The Morgan fingerprint density at radius 3 is 2.39 bits per heavy atom. The molecule has 2 saturated heterocycles. The van der Waals surface area contributed by atoms with Crippen LogP contribution in [0.25, 0.3) is 0 Å². The second kappa shape index (κ2) is 10.5. The molecule has 0 bridgehead atoms. The topological polar surface area (TPSA) is 90.7 Å². The fourth-order valence-corrected chi connectivity index (χ4v) is 4.37. The highest BCUT2D eigenvalue weighted by Gasteiger charge is 2.29. The summed E-state index contributed by atoms with van der Waals surface area (Å²) in [6.07, 6.45) is 5.19. The third-order valence-electron chi connectivity index (χ3n) is 6.08. The summed E-state index contributed by atoms with van der Waals surface area (Å²) < 4.78 is 0. The second-order valence-corrected chi connectivity index (χ2v) is 8.23. The van der Waals surface area contributed by atoms with Crippen molar-refractivity contribution in [2.45, 2.75) is 25.8 Å². The van der Waals surface area contributed by atoms with Gasteiger partial charge in [-0.05, 0) is 31.5 Å². The normalized spacial score (nSPS) is 18.1. The summed E-state index contributed by atoms with van der Waals surface area (Å²) in [4.78, 5) is 26.8. The van der Waals surface area contributed by atoms with Crippen LogP contribution >= 0.6 is 0 Å². The molecule has 3 heterocycles. The van der Waals surface area contributed by atoms with E-state index in [1.807, 2.05) is 11.0 Å². The molecule has 1 aromatic carbocycles. The Kier molecular flexibility index (Phi) is 7.26. The molecule has 0 saturated carbocycles. The summed E-state index contributed by atoms with van der Waals surface area (Å²) in [5.74, 6) is 0.735. The largest absolute Gasteiger partial charge is 0.363 e. The minimum Gasteiger partial charge on any atom is -0.363 e. The number of nitrogens with zero attached hydrogens (tertiary/aromatic N) is 6. The van der Waals surface area contributed by atoms with E-state index in [2.05, 4.69) is 49.4 Å². The van der Waals surface area contributed by atoms with Crippen LogP contribution in [0.4, 0.5) is 17.3 Å². The van der Waals surface area contributed by atoms with Crippen LogP contribution in [0.5, 0.6) is 0 Å². The van der Waals surface area contributed by atoms with Crippen LogP contribution in [-0.2, 0) is 6.54 Å². The monoisotopic (exact) mass is 425 g/mol. The molecule has 9 nitrogen and oxygen atoms in total. The number of anilines is 2. The van der Waals surface area contributed by atoms with E-state index in [4.69, 9.17) is 0 Å². The fourth-order valence-electron chi connectivity index (χ4n) is 4.37. The first-order chi connectivity index (χ1) is 15.2. The number of rotatable bonds is 8. The summed E-state index contributed by atoms with van der Waals surface area (Å²) in [7, 11) is 0. The van der Waals surface area contributed by atoms with Gasteiger partial charge in [0.1, 0.15) is 6.33 Å². The zero-order valence-corrected chi connectivity index (χ0v) is 17.9. The third-order valence-corrected chi connectivity index (χ3v) is 6.08. The molecule has 9 heteroatoms. The maximum absolute atomic E-state index is 11.9.